The molecule has 0 spiro atoms. The number of benzene rings is 2. The summed E-state index contributed by atoms with van der Waals surface area (Å²) in [7, 11) is 0. The van der Waals surface area contributed by atoms with Gasteiger partial charge in [-0.05, 0) is 36.2 Å². The minimum absolute atomic E-state index is 0.0980. The molecule has 0 aliphatic heterocycles. The molecule has 0 saturated heterocycles. The van der Waals surface area contributed by atoms with Crippen LogP contribution in [0.1, 0.15) is 12.5 Å². The Labute approximate surface area is 145 Å². The van der Waals surface area contributed by atoms with Gasteiger partial charge in [0.15, 0.2) is 0 Å². The van der Waals surface area contributed by atoms with E-state index in [2.05, 4.69) is 5.32 Å². The summed E-state index contributed by atoms with van der Waals surface area (Å²) in [5.41, 5.74) is 1.07. The van der Waals surface area contributed by atoms with Gasteiger partial charge in [-0.2, -0.15) is 0 Å². The Bertz CT molecular complexity index is 736. The Balaban J connectivity index is 1.94. The Morgan fingerprint density at radius 1 is 1.17 bits per heavy atom. The van der Waals surface area contributed by atoms with Crippen molar-refractivity contribution in [2.45, 2.75) is 13.3 Å². The predicted octanol–water partition coefficient (Wildman–Crippen LogP) is 3.51. The van der Waals surface area contributed by atoms with E-state index in [9.17, 15) is 14.0 Å². The number of rotatable bonds is 6. The van der Waals surface area contributed by atoms with E-state index in [1.165, 1.54) is 30.0 Å². The van der Waals surface area contributed by atoms with Crippen molar-refractivity contribution < 1.29 is 14.0 Å². The number of para-hydroxylation sites is 1. The highest BCUT2D eigenvalue weighted by Crippen LogP contribution is 2.13. The molecule has 0 aliphatic rings. The summed E-state index contributed by atoms with van der Waals surface area (Å²) in [6.07, 6.45) is 0.577. The summed E-state index contributed by atoms with van der Waals surface area (Å²) < 4.78 is 13.5. The van der Waals surface area contributed by atoms with Gasteiger partial charge in [0.25, 0.3) is 0 Å². The van der Waals surface area contributed by atoms with E-state index >= 15 is 0 Å². The minimum atomic E-state index is -0.515. The van der Waals surface area contributed by atoms with Crippen molar-refractivity contribution in [3.05, 3.63) is 64.9 Å². The van der Waals surface area contributed by atoms with E-state index in [4.69, 9.17) is 11.6 Å². The number of hydrogen-bond acceptors (Lipinski definition) is 2. The number of carbonyl (C=O) groups is 2. The van der Waals surface area contributed by atoms with E-state index in [0.717, 1.165) is 5.56 Å². The lowest BCUT2D eigenvalue weighted by Crippen LogP contribution is -2.38. The number of nitrogens with zero attached hydrogens (tertiary/aromatic N) is 1. The standard InChI is InChI=1S/C18H18ClFN2O2/c1-13(23)22(10-9-14-5-4-6-15(19)11-14)12-18(24)21-17-8-3-2-7-16(17)20/h2-8,11H,9-10,12H2,1H3,(H,21,24). The van der Waals surface area contributed by atoms with E-state index < -0.39 is 11.7 Å². The molecule has 2 amide bonds. The van der Waals surface area contributed by atoms with Crippen molar-refractivity contribution in [3.63, 3.8) is 0 Å². The van der Waals surface area contributed by atoms with Gasteiger partial charge in [-0.25, -0.2) is 4.39 Å². The highest BCUT2D eigenvalue weighted by atomic mass is 35.5. The van der Waals surface area contributed by atoms with Gasteiger partial charge in [-0.3, -0.25) is 9.59 Å². The van der Waals surface area contributed by atoms with Crippen LogP contribution in [0.3, 0.4) is 0 Å². The molecule has 0 heterocycles. The molecular formula is C18H18ClFN2O2. The first-order chi connectivity index (χ1) is 11.5. The molecule has 0 unspecified atom stereocenters. The molecule has 0 atom stereocenters. The number of halogens is 2. The quantitative estimate of drug-likeness (QED) is 0.868. The molecule has 2 rings (SSSR count). The zero-order valence-corrected chi connectivity index (χ0v) is 14.0. The van der Waals surface area contributed by atoms with Crippen molar-refractivity contribution in [1.29, 1.82) is 0 Å². The average Bonchev–Trinajstić information content (AvgIpc) is 2.53. The minimum Gasteiger partial charge on any atom is -0.333 e. The van der Waals surface area contributed by atoms with Crippen LogP contribution in [0.15, 0.2) is 48.5 Å². The van der Waals surface area contributed by atoms with Gasteiger partial charge in [0.05, 0.1) is 12.2 Å². The van der Waals surface area contributed by atoms with Crippen LogP contribution in [0.4, 0.5) is 10.1 Å². The second kappa shape index (κ2) is 8.45. The fraction of sp³-hybridized carbons (Fsp3) is 0.222. The van der Waals surface area contributed by atoms with Crippen molar-refractivity contribution in [3.8, 4) is 0 Å². The van der Waals surface area contributed by atoms with Crippen LogP contribution < -0.4 is 5.32 Å². The SMILES string of the molecule is CC(=O)N(CCc1cccc(Cl)c1)CC(=O)Nc1ccccc1F. The van der Waals surface area contributed by atoms with E-state index in [1.807, 2.05) is 18.2 Å². The van der Waals surface area contributed by atoms with Crippen LogP contribution in [-0.2, 0) is 16.0 Å². The van der Waals surface area contributed by atoms with Gasteiger partial charge in [0.1, 0.15) is 5.82 Å². The molecule has 24 heavy (non-hydrogen) atoms. The normalized spacial score (nSPS) is 10.3. The van der Waals surface area contributed by atoms with Gasteiger partial charge in [-0.15, -0.1) is 0 Å². The molecule has 0 saturated carbocycles. The van der Waals surface area contributed by atoms with Crippen LogP contribution in [0.5, 0.6) is 0 Å². The molecule has 0 fully saturated rings. The fourth-order valence-corrected chi connectivity index (χ4v) is 2.44. The summed E-state index contributed by atoms with van der Waals surface area (Å²) in [5.74, 6) is -1.18. The van der Waals surface area contributed by atoms with Crippen molar-refractivity contribution in [2.24, 2.45) is 0 Å². The third-order valence-electron chi connectivity index (χ3n) is 3.49. The lowest BCUT2D eigenvalue weighted by atomic mass is 10.1. The topological polar surface area (TPSA) is 49.4 Å². The molecule has 0 aliphatic carbocycles. The van der Waals surface area contributed by atoms with E-state index in [0.29, 0.717) is 18.0 Å². The summed E-state index contributed by atoms with van der Waals surface area (Å²) in [5, 5.41) is 3.10. The first-order valence-electron chi connectivity index (χ1n) is 7.50. The average molecular weight is 349 g/mol. The zero-order valence-electron chi connectivity index (χ0n) is 13.3. The Hall–Kier alpha value is -2.40. The van der Waals surface area contributed by atoms with Crippen molar-refractivity contribution in [2.75, 3.05) is 18.4 Å². The summed E-state index contributed by atoms with van der Waals surface area (Å²) in [4.78, 5) is 25.2. The maximum atomic E-state index is 13.5. The summed E-state index contributed by atoms with van der Waals surface area (Å²) >= 11 is 5.93. The molecule has 126 valence electrons. The second-order valence-corrected chi connectivity index (χ2v) is 5.78. The summed E-state index contributed by atoms with van der Waals surface area (Å²) in [6, 6.07) is 13.2. The highest BCUT2D eigenvalue weighted by molar-refractivity contribution is 6.30. The second-order valence-electron chi connectivity index (χ2n) is 5.35. The van der Waals surface area contributed by atoms with Gasteiger partial charge in [-0.1, -0.05) is 35.9 Å². The Morgan fingerprint density at radius 3 is 2.58 bits per heavy atom. The maximum absolute atomic E-state index is 13.5. The van der Waals surface area contributed by atoms with Gasteiger partial charge < -0.3 is 10.2 Å². The first-order valence-corrected chi connectivity index (χ1v) is 7.88. The van der Waals surface area contributed by atoms with Crippen molar-refractivity contribution >= 4 is 29.1 Å². The lowest BCUT2D eigenvalue weighted by Gasteiger charge is -2.20. The molecular weight excluding hydrogens is 331 g/mol. The van der Waals surface area contributed by atoms with Crippen LogP contribution in [-0.4, -0.2) is 29.8 Å². The van der Waals surface area contributed by atoms with Gasteiger partial charge in [0, 0.05) is 18.5 Å². The molecule has 0 radical (unpaired) electrons. The van der Waals surface area contributed by atoms with Crippen LogP contribution >= 0.6 is 11.6 Å². The van der Waals surface area contributed by atoms with Gasteiger partial charge >= 0.3 is 0 Å². The molecule has 0 aromatic heterocycles. The lowest BCUT2D eigenvalue weighted by molar-refractivity contribution is -0.132. The Kier molecular flexibility index (Phi) is 6.32. The first kappa shape index (κ1) is 17.9. The number of anilines is 1. The number of carbonyl (C=O) groups excluding carboxylic acids is 2. The fourth-order valence-electron chi connectivity index (χ4n) is 2.23. The highest BCUT2D eigenvalue weighted by Gasteiger charge is 2.15. The summed E-state index contributed by atoms with van der Waals surface area (Å²) in [6.45, 7) is 1.64. The maximum Gasteiger partial charge on any atom is 0.244 e. The third kappa shape index (κ3) is 5.35. The molecule has 2 aromatic carbocycles. The predicted molar refractivity (Wildman–Crippen MR) is 92.4 cm³/mol. The molecule has 0 bridgehead atoms. The van der Waals surface area contributed by atoms with E-state index in [1.54, 1.807) is 12.1 Å². The smallest absolute Gasteiger partial charge is 0.244 e. The Morgan fingerprint density at radius 2 is 1.92 bits per heavy atom. The zero-order chi connectivity index (χ0) is 17.5. The molecule has 2 aromatic rings. The molecule has 1 N–H and O–H groups in total. The molecule has 6 heteroatoms. The largest absolute Gasteiger partial charge is 0.333 e. The van der Waals surface area contributed by atoms with E-state index in [-0.39, 0.29) is 18.1 Å². The van der Waals surface area contributed by atoms with Gasteiger partial charge in [0.2, 0.25) is 11.8 Å². The third-order valence-corrected chi connectivity index (χ3v) is 3.72. The molecule has 4 nitrogen and oxygen atoms in total. The number of amides is 2. The van der Waals surface area contributed by atoms with Crippen LogP contribution in [0.2, 0.25) is 5.02 Å². The van der Waals surface area contributed by atoms with Crippen molar-refractivity contribution in [1.82, 2.24) is 4.90 Å². The number of hydrogen-bond donors (Lipinski definition) is 1. The monoisotopic (exact) mass is 348 g/mol. The van der Waals surface area contributed by atoms with Crippen LogP contribution in [0, 0.1) is 5.82 Å². The van der Waals surface area contributed by atoms with Crippen LogP contribution in [0.25, 0.3) is 0 Å². The number of nitrogens with one attached hydrogen (secondary N) is 1.